The number of fused-ring (bicyclic) bond motifs is 1. The molecule has 11 heteroatoms. The molecule has 1 atom stereocenters. The predicted molar refractivity (Wildman–Crippen MR) is 164 cm³/mol. The number of nitrogens with one attached hydrogen (secondary N) is 2. The lowest BCUT2D eigenvalue weighted by Gasteiger charge is -2.49. The van der Waals surface area contributed by atoms with Crippen LogP contribution in [0.1, 0.15) is 78.8 Å². The molecule has 0 bridgehead atoms. The van der Waals surface area contributed by atoms with Crippen LogP contribution in [0.3, 0.4) is 0 Å². The standard InChI is InChI=1S/C32H41F2N5O3S/c1-18-12-27(43-4)26(30(40)37-18)15-36-31(41)28-20(3)39(29-25(28)6-5-11-35-29)19(2)21-7-9-22(10-8-21)38-16-24(17-38)42-23-13-32(33,34)14-23/h5-6,11-12,19,21-24H,7-10,13-17H2,1-4H3,(H,36,41)(H,37,40)/t19-,21?,22?/m1/s1. The van der Waals surface area contributed by atoms with Crippen molar-refractivity contribution in [3.63, 3.8) is 0 Å². The summed E-state index contributed by atoms with van der Waals surface area (Å²) < 4.78 is 34.3. The molecule has 0 radical (unpaired) electrons. The van der Waals surface area contributed by atoms with E-state index in [0.717, 1.165) is 66.1 Å². The van der Waals surface area contributed by atoms with Crippen LogP contribution in [0.25, 0.3) is 11.0 Å². The van der Waals surface area contributed by atoms with Crippen molar-refractivity contribution in [3.05, 3.63) is 57.3 Å². The van der Waals surface area contributed by atoms with Crippen LogP contribution in [-0.4, -0.2) is 68.9 Å². The third-order valence-corrected chi connectivity index (χ3v) is 10.6. The van der Waals surface area contributed by atoms with Gasteiger partial charge in [-0.2, -0.15) is 0 Å². The zero-order chi connectivity index (χ0) is 30.5. The molecular formula is C32H41F2N5O3S. The van der Waals surface area contributed by atoms with Crippen LogP contribution >= 0.6 is 11.8 Å². The lowest BCUT2D eigenvalue weighted by molar-refractivity contribution is -0.205. The molecule has 4 heterocycles. The Kier molecular flexibility index (Phi) is 8.43. The van der Waals surface area contributed by atoms with Gasteiger partial charge in [0.2, 0.25) is 0 Å². The minimum atomic E-state index is -2.54. The van der Waals surface area contributed by atoms with Gasteiger partial charge in [-0.05, 0) is 76.8 Å². The molecule has 1 saturated heterocycles. The highest BCUT2D eigenvalue weighted by Gasteiger charge is 2.48. The molecule has 3 aromatic rings. The fraction of sp³-hybridized carbons (Fsp3) is 0.594. The van der Waals surface area contributed by atoms with Crippen LogP contribution in [-0.2, 0) is 11.3 Å². The van der Waals surface area contributed by atoms with Crippen molar-refractivity contribution in [2.75, 3.05) is 19.3 Å². The lowest BCUT2D eigenvalue weighted by atomic mass is 9.80. The first-order chi connectivity index (χ1) is 20.5. The van der Waals surface area contributed by atoms with E-state index in [1.807, 2.05) is 38.3 Å². The quantitative estimate of drug-likeness (QED) is 0.305. The van der Waals surface area contributed by atoms with Crippen LogP contribution in [0.4, 0.5) is 8.78 Å². The van der Waals surface area contributed by atoms with Crippen molar-refractivity contribution >= 4 is 28.7 Å². The second-order valence-electron chi connectivity index (χ2n) is 12.6. The predicted octanol–water partition coefficient (Wildman–Crippen LogP) is 5.61. The Labute approximate surface area is 255 Å². The van der Waals surface area contributed by atoms with Crippen molar-refractivity contribution < 1.29 is 18.3 Å². The monoisotopic (exact) mass is 613 g/mol. The average Bonchev–Trinajstić information content (AvgIpc) is 3.24. The number of ether oxygens (including phenoxy) is 1. The van der Waals surface area contributed by atoms with Crippen molar-refractivity contribution in [3.8, 4) is 0 Å². The summed E-state index contributed by atoms with van der Waals surface area (Å²) in [6.45, 7) is 7.89. The summed E-state index contributed by atoms with van der Waals surface area (Å²) in [6.07, 6.45) is 7.55. The molecule has 0 spiro atoms. The molecule has 2 saturated carbocycles. The van der Waals surface area contributed by atoms with Gasteiger partial charge in [0.1, 0.15) is 5.65 Å². The third kappa shape index (κ3) is 6.00. The number of hydrogen-bond donors (Lipinski definition) is 2. The van der Waals surface area contributed by atoms with Crippen molar-refractivity contribution in [1.29, 1.82) is 0 Å². The summed E-state index contributed by atoms with van der Waals surface area (Å²) in [7, 11) is 0. The average molecular weight is 614 g/mol. The fourth-order valence-corrected chi connectivity index (χ4v) is 8.03. The third-order valence-electron chi connectivity index (χ3n) is 9.77. The van der Waals surface area contributed by atoms with E-state index in [2.05, 4.69) is 26.7 Å². The van der Waals surface area contributed by atoms with Gasteiger partial charge in [-0.15, -0.1) is 11.8 Å². The Morgan fingerprint density at radius 3 is 2.60 bits per heavy atom. The molecule has 2 N–H and O–H groups in total. The number of amides is 1. The van der Waals surface area contributed by atoms with Gasteiger partial charge >= 0.3 is 0 Å². The maximum atomic E-state index is 13.6. The number of aryl methyl sites for hydroxylation is 1. The van der Waals surface area contributed by atoms with E-state index in [4.69, 9.17) is 9.72 Å². The number of aromatic nitrogens is 3. The zero-order valence-corrected chi connectivity index (χ0v) is 26.1. The van der Waals surface area contributed by atoms with Gasteiger partial charge in [0, 0.05) is 78.0 Å². The first-order valence-electron chi connectivity index (χ1n) is 15.3. The number of carbonyl (C=O) groups is 1. The van der Waals surface area contributed by atoms with Crippen LogP contribution < -0.4 is 10.9 Å². The number of aromatic amines is 1. The van der Waals surface area contributed by atoms with Crippen LogP contribution in [0.5, 0.6) is 0 Å². The molecule has 8 nitrogen and oxygen atoms in total. The van der Waals surface area contributed by atoms with E-state index in [1.54, 1.807) is 6.20 Å². The normalized spacial score (nSPS) is 23.6. The molecule has 6 rings (SSSR count). The summed E-state index contributed by atoms with van der Waals surface area (Å²) in [5, 5.41) is 3.82. The smallest absolute Gasteiger partial charge is 0.254 e. The Morgan fingerprint density at radius 1 is 1.21 bits per heavy atom. The van der Waals surface area contributed by atoms with Gasteiger partial charge < -0.3 is 19.6 Å². The molecule has 3 aliphatic rings. The Balaban J connectivity index is 1.10. The lowest BCUT2D eigenvalue weighted by Crippen LogP contribution is -2.59. The summed E-state index contributed by atoms with van der Waals surface area (Å²) in [5.41, 5.74) is 3.46. The van der Waals surface area contributed by atoms with Gasteiger partial charge in [0.15, 0.2) is 0 Å². The summed E-state index contributed by atoms with van der Waals surface area (Å²) in [6, 6.07) is 6.40. The van der Waals surface area contributed by atoms with Gasteiger partial charge in [-0.25, -0.2) is 13.8 Å². The van der Waals surface area contributed by atoms with E-state index in [0.29, 0.717) is 23.1 Å². The van der Waals surface area contributed by atoms with Gasteiger partial charge in [0.05, 0.1) is 17.8 Å². The van der Waals surface area contributed by atoms with Gasteiger partial charge in [-0.3, -0.25) is 14.5 Å². The maximum absolute atomic E-state index is 13.6. The minimum absolute atomic E-state index is 0.0824. The zero-order valence-electron chi connectivity index (χ0n) is 25.3. The van der Waals surface area contributed by atoms with Crippen molar-refractivity contribution in [2.45, 2.75) is 101 Å². The highest BCUT2D eigenvalue weighted by atomic mass is 32.2. The number of thioether (sulfide) groups is 1. The molecule has 0 unspecified atom stereocenters. The minimum Gasteiger partial charge on any atom is -0.372 e. The van der Waals surface area contributed by atoms with E-state index >= 15 is 0 Å². The fourth-order valence-electron chi connectivity index (χ4n) is 7.32. The highest BCUT2D eigenvalue weighted by Crippen LogP contribution is 2.42. The number of halogens is 2. The molecule has 0 aromatic carbocycles. The van der Waals surface area contributed by atoms with Gasteiger partial charge in [-0.1, -0.05) is 0 Å². The van der Waals surface area contributed by atoms with E-state index in [1.165, 1.54) is 11.8 Å². The number of rotatable bonds is 9. The molecule has 3 aromatic heterocycles. The van der Waals surface area contributed by atoms with Crippen molar-refractivity contribution in [1.82, 2.24) is 24.8 Å². The highest BCUT2D eigenvalue weighted by molar-refractivity contribution is 7.98. The number of H-pyrrole nitrogens is 1. The van der Waals surface area contributed by atoms with Crippen molar-refractivity contribution in [2.24, 2.45) is 5.92 Å². The van der Waals surface area contributed by atoms with Crippen LogP contribution in [0.15, 0.2) is 34.1 Å². The van der Waals surface area contributed by atoms with Gasteiger partial charge in [0.25, 0.3) is 17.4 Å². The molecular weight excluding hydrogens is 572 g/mol. The van der Waals surface area contributed by atoms with E-state index in [9.17, 15) is 18.4 Å². The SMILES string of the molecule is CSc1cc(C)[nH]c(=O)c1CNC(=O)c1c(C)n([C@H](C)C2CCC(N3CC(OC4CC(F)(F)C4)C3)CC2)c2ncccc12. The summed E-state index contributed by atoms with van der Waals surface area (Å²) in [5.74, 6) is -2.30. The number of carbonyl (C=O) groups excluding carboxylic acids is 1. The molecule has 3 fully saturated rings. The van der Waals surface area contributed by atoms with Crippen LogP contribution in [0.2, 0.25) is 0 Å². The van der Waals surface area contributed by atoms with E-state index < -0.39 is 5.92 Å². The second kappa shape index (κ2) is 12.0. The number of likely N-dealkylation sites (tertiary alicyclic amines) is 1. The molecule has 1 amide bonds. The number of pyridine rings is 2. The Morgan fingerprint density at radius 2 is 1.93 bits per heavy atom. The molecule has 232 valence electrons. The number of hydrogen-bond acceptors (Lipinski definition) is 6. The second-order valence-corrected chi connectivity index (χ2v) is 13.5. The Hall–Kier alpha value is -2.76. The van der Waals surface area contributed by atoms with Crippen LogP contribution in [0, 0.1) is 19.8 Å². The molecule has 2 aliphatic carbocycles. The van der Waals surface area contributed by atoms with E-state index in [-0.39, 0.29) is 49.1 Å². The number of alkyl halides is 2. The first-order valence-corrected chi connectivity index (χ1v) is 16.5. The molecule has 1 aliphatic heterocycles. The maximum Gasteiger partial charge on any atom is 0.254 e. The largest absolute Gasteiger partial charge is 0.372 e. The topological polar surface area (TPSA) is 92.2 Å². The Bertz CT molecular complexity index is 1550. The first kappa shape index (κ1) is 30.3. The summed E-state index contributed by atoms with van der Waals surface area (Å²) >= 11 is 1.49. The number of nitrogens with zero attached hydrogens (tertiary/aromatic N) is 3. The summed E-state index contributed by atoms with van der Waals surface area (Å²) in [4.78, 5) is 37.1. The molecule has 43 heavy (non-hydrogen) atoms.